The summed E-state index contributed by atoms with van der Waals surface area (Å²) in [5.41, 5.74) is -1.08. The molecule has 2 aliphatic carbocycles. The zero-order valence-corrected chi connectivity index (χ0v) is 11.0. The minimum atomic E-state index is -1.08. The van der Waals surface area contributed by atoms with Gasteiger partial charge in [0.05, 0.1) is 13.7 Å². The van der Waals surface area contributed by atoms with Gasteiger partial charge in [-0.2, -0.15) is 0 Å². The number of rotatable bonds is 5. The lowest BCUT2D eigenvalue weighted by Gasteiger charge is -2.30. The average Bonchev–Trinajstić information content (AvgIpc) is 2.98. The standard InChI is InChI=1S/C14H20O4/c1-3-4-7-18-13(16)14(12(15)17-2)9-10-5-6-11(14)8-10/h5-6,10-11H,3-4,7-9H2,1-2H3. The second kappa shape index (κ2) is 5.12. The molecule has 100 valence electrons. The van der Waals surface area contributed by atoms with Gasteiger partial charge < -0.3 is 9.47 Å². The van der Waals surface area contributed by atoms with Crippen molar-refractivity contribution in [3.8, 4) is 0 Å². The van der Waals surface area contributed by atoms with Crippen LogP contribution in [0.25, 0.3) is 0 Å². The molecule has 1 fully saturated rings. The summed E-state index contributed by atoms with van der Waals surface area (Å²) >= 11 is 0. The molecule has 3 unspecified atom stereocenters. The summed E-state index contributed by atoms with van der Waals surface area (Å²) < 4.78 is 10.1. The first-order valence-electron chi connectivity index (χ1n) is 6.59. The highest BCUT2D eigenvalue weighted by Gasteiger charge is 2.60. The van der Waals surface area contributed by atoms with Crippen molar-refractivity contribution >= 4 is 11.9 Å². The number of esters is 2. The fourth-order valence-electron chi connectivity index (χ4n) is 3.03. The molecule has 0 aromatic rings. The van der Waals surface area contributed by atoms with Gasteiger partial charge in [-0.3, -0.25) is 9.59 Å². The van der Waals surface area contributed by atoms with Crippen molar-refractivity contribution in [3.05, 3.63) is 12.2 Å². The Labute approximate surface area is 107 Å². The quantitative estimate of drug-likeness (QED) is 0.325. The number of methoxy groups -OCH3 is 1. The Morgan fingerprint density at radius 1 is 1.33 bits per heavy atom. The Kier molecular flexibility index (Phi) is 3.73. The summed E-state index contributed by atoms with van der Waals surface area (Å²) in [5, 5.41) is 0. The molecule has 2 aliphatic rings. The molecule has 0 aromatic heterocycles. The van der Waals surface area contributed by atoms with Gasteiger partial charge in [-0.1, -0.05) is 25.5 Å². The first-order valence-corrected chi connectivity index (χ1v) is 6.59. The molecular formula is C14H20O4. The first kappa shape index (κ1) is 13.1. The zero-order valence-electron chi connectivity index (χ0n) is 11.0. The van der Waals surface area contributed by atoms with Crippen molar-refractivity contribution in [1.29, 1.82) is 0 Å². The van der Waals surface area contributed by atoms with Crippen LogP contribution in [-0.4, -0.2) is 25.7 Å². The van der Waals surface area contributed by atoms with E-state index in [9.17, 15) is 9.59 Å². The summed E-state index contributed by atoms with van der Waals surface area (Å²) in [6.45, 7) is 2.42. The molecule has 0 heterocycles. The van der Waals surface area contributed by atoms with Gasteiger partial charge in [0, 0.05) is 5.92 Å². The summed E-state index contributed by atoms with van der Waals surface area (Å²) in [5.74, 6) is -0.586. The van der Waals surface area contributed by atoms with Crippen LogP contribution in [0.2, 0.25) is 0 Å². The number of unbranched alkanes of at least 4 members (excludes halogenated alkanes) is 1. The van der Waals surface area contributed by atoms with E-state index >= 15 is 0 Å². The van der Waals surface area contributed by atoms with E-state index in [-0.39, 0.29) is 5.92 Å². The Hall–Kier alpha value is -1.32. The summed E-state index contributed by atoms with van der Waals surface area (Å²) in [6.07, 6.45) is 7.23. The van der Waals surface area contributed by atoms with E-state index in [0.717, 1.165) is 19.3 Å². The highest BCUT2D eigenvalue weighted by molar-refractivity contribution is 6.01. The largest absolute Gasteiger partial charge is 0.468 e. The maximum Gasteiger partial charge on any atom is 0.324 e. The van der Waals surface area contributed by atoms with Crippen LogP contribution >= 0.6 is 0 Å². The second-order valence-corrected chi connectivity index (χ2v) is 5.14. The lowest BCUT2D eigenvalue weighted by Crippen LogP contribution is -2.45. The van der Waals surface area contributed by atoms with Crippen LogP contribution in [0.3, 0.4) is 0 Å². The third-order valence-electron chi connectivity index (χ3n) is 4.03. The average molecular weight is 252 g/mol. The normalized spacial score (nSPS) is 32.6. The molecule has 1 saturated carbocycles. The van der Waals surface area contributed by atoms with Crippen LogP contribution < -0.4 is 0 Å². The van der Waals surface area contributed by atoms with Crippen LogP contribution in [0.15, 0.2) is 12.2 Å². The van der Waals surface area contributed by atoms with Gasteiger partial charge in [0.15, 0.2) is 5.41 Å². The summed E-state index contributed by atoms with van der Waals surface area (Å²) in [6, 6.07) is 0. The number of allylic oxidation sites excluding steroid dienone is 2. The Morgan fingerprint density at radius 3 is 2.61 bits per heavy atom. The molecule has 4 heteroatoms. The van der Waals surface area contributed by atoms with Gasteiger partial charge in [0.1, 0.15) is 0 Å². The molecular weight excluding hydrogens is 232 g/mol. The molecule has 4 nitrogen and oxygen atoms in total. The van der Waals surface area contributed by atoms with E-state index in [1.807, 2.05) is 13.0 Å². The molecule has 3 atom stereocenters. The van der Waals surface area contributed by atoms with Crippen molar-refractivity contribution in [1.82, 2.24) is 0 Å². The molecule has 0 aromatic carbocycles. The number of fused-ring (bicyclic) bond motifs is 2. The lowest BCUT2D eigenvalue weighted by molar-refractivity contribution is -0.173. The van der Waals surface area contributed by atoms with Crippen molar-refractivity contribution in [2.75, 3.05) is 13.7 Å². The van der Waals surface area contributed by atoms with Crippen LogP contribution in [-0.2, 0) is 19.1 Å². The number of carbonyl (C=O) groups excluding carboxylic acids is 2. The first-order chi connectivity index (χ1) is 8.65. The van der Waals surface area contributed by atoms with E-state index in [2.05, 4.69) is 6.08 Å². The molecule has 2 rings (SSSR count). The zero-order chi connectivity index (χ0) is 13.2. The number of carbonyl (C=O) groups is 2. The van der Waals surface area contributed by atoms with E-state index in [1.165, 1.54) is 7.11 Å². The third kappa shape index (κ3) is 1.93. The van der Waals surface area contributed by atoms with Gasteiger partial charge in [-0.05, 0) is 25.2 Å². The number of hydrogen-bond donors (Lipinski definition) is 0. The van der Waals surface area contributed by atoms with Crippen molar-refractivity contribution in [2.24, 2.45) is 17.3 Å². The number of ether oxygens (including phenoxy) is 2. The molecule has 0 N–H and O–H groups in total. The molecule has 0 saturated heterocycles. The highest BCUT2D eigenvalue weighted by atomic mass is 16.6. The van der Waals surface area contributed by atoms with Gasteiger partial charge >= 0.3 is 11.9 Å². The molecule has 2 bridgehead atoms. The fraction of sp³-hybridized carbons (Fsp3) is 0.714. The maximum atomic E-state index is 12.3. The third-order valence-corrected chi connectivity index (χ3v) is 4.03. The van der Waals surface area contributed by atoms with Crippen molar-refractivity contribution in [2.45, 2.75) is 32.6 Å². The Bertz CT molecular complexity index is 374. The van der Waals surface area contributed by atoms with Crippen LogP contribution in [0.1, 0.15) is 32.6 Å². The molecule has 0 spiro atoms. The summed E-state index contributed by atoms with van der Waals surface area (Å²) in [4.78, 5) is 24.3. The van der Waals surface area contributed by atoms with Crippen molar-refractivity contribution in [3.63, 3.8) is 0 Å². The smallest absolute Gasteiger partial charge is 0.324 e. The molecule has 0 amide bonds. The molecule has 18 heavy (non-hydrogen) atoms. The SMILES string of the molecule is CCCCOC(=O)C1(C(=O)OC)CC2C=CC1C2. The monoisotopic (exact) mass is 252 g/mol. The van der Waals surface area contributed by atoms with Crippen LogP contribution in [0.5, 0.6) is 0 Å². The lowest BCUT2D eigenvalue weighted by atomic mass is 9.75. The van der Waals surface area contributed by atoms with E-state index in [1.54, 1.807) is 0 Å². The Morgan fingerprint density at radius 2 is 2.11 bits per heavy atom. The van der Waals surface area contributed by atoms with E-state index in [0.29, 0.717) is 18.9 Å². The molecule has 0 aliphatic heterocycles. The van der Waals surface area contributed by atoms with Gasteiger partial charge in [0.2, 0.25) is 0 Å². The minimum absolute atomic E-state index is 0.0518. The Balaban J connectivity index is 2.14. The van der Waals surface area contributed by atoms with Crippen molar-refractivity contribution < 1.29 is 19.1 Å². The number of hydrogen-bond acceptors (Lipinski definition) is 4. The van der Waals surface area contributed by atoms with Crippen LogP contribution in [0, 0.1) is 17.3 Å². The fourth-order valence-corrected chi connectivity index (χ4v) is 3.03. The predicted octanol–water partition coefficient (Wildman–Crippen LogP) is 2.09. The minimum Gasteiger partial charge on any atom is -0.468 e. The molecule has 0 radical (unpaired) electrons. The van der Waals surface area contributed by atoms with Gasteiger partial charge in [-0.25, -0.2) is 0 Å². The predicted molar refractivity (Wildman–Crippen MR) is 65.7 cm³/mol. The topological polar surface area (TPSA) is 52.6 Å². The summed E-state index contributed by atoms with van der Waals surface area (Å²) in [7, 11) is 1.33. The van der Waals surface area contributed by atoms with Gasteiger partial charge in [0.25, 0.3) is 0 Å². The van der Waals surface area contributed by atoms with Gasteiger partial charge in [-0.15, -0.1) is 0 Å². The maximum absolute atomic E-state index is 12.3. The van der Waals surface area contributed by atoms with E-state index < -0.39 is 17.4 Å². The van der Waals surface area contributed by atoms with Crippen LogP contribution in [0.4, 0.5) is 0 Å². The second-order valence-electron chi connectivity index (χ2n) is 5.14. The highest BCUT2D eigenvalue weighted by Crippen LogP contribution is 2.53. The van der Waals surface area contributed by atoms with E-state index in [4.69, 9.17) is 9.47 Å².